The Kier molecular flexibility index (Phi) is 7.24. The molecule has 0 radical (unpaired) electrons. The fraction of sp³-hybridized carbons (Fsp3) is 0.538. The van der Waals surface area contributed by atoms with Crippen molar-refractivity contribution in [3.05, 3.63) is 47.4 Å². The van der Waals surface area contributed by atoms with E-state index in [0.29, 0.717) is 50.1 Å². The average Bonchev–Trinajstić information content (AvgIpc) is 3.48. The van der Waals surface area contributed by atoms with Crippen LogP contribution >= 0.6 is 0 Å². The third kappa shape index (κ3) is 6.15. The van der Waals surface area contributed by atoms with Crippen LogP contribution < -0.4 is 9.47 Å². The van der Waals surface area contributed by atoms with Gasteiger partial charge in [0.25, 0.3) is 0 Å². The zero-order chi connectivity index (χ0) is 24.2. The van der Waals surface area contributed by atoms with E-state index in [4.69, 9.17) is 18.6 Å². The van der Waals surface area contributed by atoms with Gasteiger partial charge in [-0.3, -0.25) is 14.5 Å². The predicted molar refractivity (Wildman–Crippen MR) is 127 cm³/mol. The smallest absolute Gasteiger partial charge is 0.242 e. The quantitative estimate of drug-likeness (QED) is 0.513. The van der Waals surface area contributed by atoms with Gasteiger partial charge >= 0.3 is 0 Å². The van der Waals surface area contributed by atoms with Crippen LogP contribution in [0.2, 0.25) is 0 Å². The Bertz CT molecular complexity index is 1040. The number of carbonyl (C=O) groups excluding carboxylic acids is 2. The van der Waals surface area contributed by atoms with Crippen LogP contribution in [0, 0.1) is 12.8 Å². The first-order chi connectivity index (χ1) is 17.0. The zero-order valence-electron chi connectivity index (χ0n) is 20.2. The molecule has 0 unspecified atom stereocenters. The minimum atomic E-state index is -0.104. The first-order valence-electron chi connectivity index (χ1n) is 12.4. The molecule has 2 aliphatic heterocycles. The second-order valence-electron chi connectivity index (χ2n) is 9.44. The summed E-state index contributed by atoms with van der Waals surface area (Å²) in [6.07, 6.45) is 1.82. The van der Waals surface area contributed by atoms with E-state index in [1.165, 1.54) is 0 Å². The van der Waals surface area contributed by atoms with Crippen molar-refractivity contribution in [3.8, 4) is 11.5 Å². The van der Waals surface area contributed by atoms with E-state index in [2.05, 4.69) is 4.90 Å². The predicted octanol–water partition coefficient (Wildman–Crippen LogP) is 2.42. The maximum absolute atomic E-state index is 13.6. The molecular formula is C26H33N3O6. The van der Waals surface area contributed by atoms with Gasteiger partial charge in [0.2, 0.25) is 18.6 Å². The van der Waals surface area contributed by atoms with Gasteiger partial charge in [0.05, 0.1) is 26.3 Å². The summed E-state index contributed by atoms with van der Waals surface area (Å²) in [5, 5.41) is 0. The molecule has 5 rings (SSSR count). The molecule has 3 aliphatic rings. The number of fused-ring (bicyclic) bond motifs is 1. The summed E-state index contributed by atoms with van der Waals surface area (Å²) in [7, 11) is 0. The van der Waals surface area contributed by atoms with E-state index >= 15 is 0 Å². The first kappa shape index (κ1) is 23.7. The summed E-state index contributed by atoms with van der Waals surface area (Å²) >= 11 is 0. The topological polar surface area (TPSA) is 84.7 Å². The molecule has 3 heterocycles. The number of ether oxygens (including phenoxy) is 3. The lowest BCUT2D eigenvalue weighted by atomic mass is 10.1. The van der Waals surface area contributed by atoms with Crippen molar-refractivity contribution in [2.45, 2.75) is 32.9 Å². The number of benzene rings is 1. The summed E-state index contributed by atoms with van der Waals surface area (Å²) in [5.41, 5.74) is 0.930. The number of hydrogen-bond acceptors (Lipinski definition) is 7. The highest BCUT2D eigenvalue weighted by molar-refractivity contribution is 5.87. The number of carbonyl (C=O) groups is 2. The minimum Gasteiger partial charge on any atom is -0.464 e. The maximum atomic E-state index is 13.6. The van der Waals surface area contributed by atoms with Crippen LogP contribution in [0.3, 0.4) is 0 Å². The molecule has 2 aromatic rings. The summed E-state index contributed by atoms with van der Waals surface area (Å²) < 4.78 is 22.1. The Labute approximate surface area is 205 Å². The van der Waals surface area contributed by atoms with Gasteiger partial charge in [0.15, 0.2) is 11.5 Å². The van der Waals surface area contributed by atoms with Crippen LogP contribution in [0.25, 0.3) is 0 Å². The van der Waals surface area contributed by atoms with Crippen molar-refractivity contribution in [1.82, 2.24) is 14.7 Å². The van der Waals surface area contributed by atoms with Crippen LogP contribution in [0.5, 0.6) is 11.5 Å². The normalized spacial score (nSPS) is 17.4. The summed E-state index contributed by atoms with van der Waals surface area (Å²) in [6.45, 7) is 7.27. The van der Waals surface area contributed by atoms with Crippen LogP contribution in [-0.2, 0) is 27.4 Å². The standard InChI is InChI=1S/C26H33N3O6/c1-19-2-6-22(35-19)16-29(15-20-3-7-23-24(14-20)34-18-33-23)25(30)17-28(26(31)21-4-5-21)9-8-27-10-12-32-13-11-27/h2-3,6-7,14,21H,4-5,8-13,15-18H2,1H3. The fourth-order valence-corrected chi connectivity index (χ4v) is 4.46. The van der Waals surface area contributed by atoms with Crippen LogP contribution in [0.15, 0.2) is 34.7 Å². The molecule has 0 N–H and O–H groups in total. The lowest BCUT2D eigenvalue weighted by molar-refractivity contribution is -0.142. The average molecular weight is 484 g/mol. The number of nitrogens with zero attached hydrogens (tertiary/aromatic N) is 3. The highest BCUT2D eigenvalue weighted by Gasteiger charge is 2.35. The minimum absolute atomic E-state index is 0.0579. The summed E-state index contributed by atoms with van der Waals surface area (Å²) in [5.74, 6) is 2.94. The Morgan fingerprint density at radius 1 is 1.00 bits per heavy atom. The summed E-state index contributed by atoms with van der Waals surface area (Å²) in [4.78, 5) is 32.4. The van der Waals surface area contributed by atoms with Crippen molar-refractivity contribution in [1.29, 1.82) is 0 Å². The SMILES string of the molecule is Cc1ccc(CN(Cc2ccc3c(c2)OCO3)C(=O)CN(CCN2CCOCC2)C(=O)C2CC2)o1. The van der Waals surface area contributed by atoms with E-state index in [0.717, 1.165) is 43.8 Å². The Morgan fingerprint density at radius 3 is 2.54 bits per heavy atom. The molecule has 1 saturated carbocycles. The molecule has 188 valence electrons. The highest BCUT2D eigenvalue weighted by atomic mass is 16.7. The first-order valence-corrected chi connectivity index (χ1v) is 12.4. The van der Waals surface area contributed by atoms with Crippen molar-refractivity contribution in [2.24, 2.45) is 5.92 Å². The Hall–Kier alpha value is -3.04. The maximum Gasteiger partial charge on any atom is 0.242 e. The molecule has 1 aromatic carbocycles. The number of aryl methyl sites for hydroxylation is 1. The largest absolute Gasteiger partial charge is 0.464 e. The van der Waals surface area contributed by atoms with Gasteiger partial charge in [-0.25, -0.2) is 0 Å². The molecule has 2 fully saturated rings. The molecule has 0 spiro atoms. The van der Waals surface area contributed by atoms with Crippen LogP contribution in [0.1, 0.15) is 29.9 Å². The monoisotopic (exact) mass is 483 g/mol. The molecule has 1 aliphatic carbocycles. The van der Waals surface area contributed by atoms with Gasteiger partial charge in [-0.05, 0) is 49.6 Å². The number of hydrogen-bond donors (Lipinski definition) is 0. The van der Waals surface area contributed by atoms with E-state index in [-0.39, 0.29) is 31.1 Å². The summed E-state index contributed by atoms with van der Waals surface area (Å²) in [6, 6.07) is 9.49. The lowest BCUT2D eigenvalue weighted by Gasteiger charge is -2.31. The number of morpholine rings is 1. The van der Waals surface area contributed by atoms with E-state index in [1.807, 2.05) is 37.3 Å². The third-order valence-corrected chi connectivity index (χ3v) is 6.66. The molecule has 0 bridgehead atoms. The van der Waals surface area contributed by atoms with Gasteiger partial charge in [-0.2, -0.15) is 0 Å². The third-order valence-electron chi connectivity index (χ3n) is 6.66. The number of rotatable bonds is 10. The van der Waals surface area contributed by atoms with E-state index in [9.17, 15) is 9.59 Å². The van der Waals surface area contributed by atoms with Crippen molar-refractivity contribution >= 4 is 11.8 Å². The van der Waals surface area contributed by atoms with Gasteiger partial charge in [-0.15, -0.1) is 0 Å². The van der Waals surface area contributed by atoms with Gasteiger partial charge in [0, 0.05) is 38.6 Å². The fourth-order valence-electron chi connectivity index (χ4n) is 4.46. The Morgan fingerprint density at radius 2 is 1.80 bits per heavy atom. The molecule has 0 atom stereocenters. The molecule has 9 nitrogen and oxygen atoms in total. The number of furan rings is 1. The second-order valence-corrected chi connectivity index (χ2v) is 9.44. The Balaban J connectivity index is 1.29. The van der Waals surface area contributed by atoms with E-state index in [1.54, 1.807) is 9.80 Å². The second kappa shape index (κ2) is 10.7. The van der Waals surface area contributed by atoms with Gasteiger partial charge in [-0.1, -0.05) is 6.07 Å². The van der Waals surface area contributed by atoms with Crippen LogP contribution in [0.4, 0.5) is 0 Å². The van der Waals surface area contributed by atoms with Crippen LogP contribution in [-0.4, -0.2) is 79.2 Å². The lowest BCUT2D eigenvalue weighted by Crippen LogP contribution is -2.47. The van der Waals surface area contributed by atoms with E-state index < -0.39 is 0 Å². The van der Waals surface area contributed by atoms with Gasteiger partial charge in [0.1, 0.15) is 11.5 Å². The highest BCUT2D eigenvalue weighted by Crippen LogP contribution is 2.33. The number of amides is 2. The van der Waals surface area contributed by atoms with Crippen molar-refractivity contribution in [3.63, 3.8) is 0 Å². The molecule has 9 heteroatoms. The molecule has 1 saturated heterocycles. The van der Waals surface area contributed by atoms with Crippen molar-refractivity contribution in [2.75, 3.05) is 52.7 Å². The molecular weight excluding hydrogens is 450 g/mol. The van der Waals surface area contributed by atoms with Gasteiger partial charge < -0.3 is 28.4 Å². The molecule has 2 amide bonds. The van der Waals surface area contributed by atoms with Crippen molar-refractivity contribution < 1.29 is 28.2 Å². The molecule has 1 aromatic heterocycles. The molecule has 35 heavy (non-hydrogen) atoms. The zero-order valence-corrected chi connectivity index (χ0v) is 20.2.